The van der Waals surface area contributed by atoms with Crippen LogP contribution in [0.3, 0.4) is 0 Å². The Kier molecular flexibility index (Phi) is 10.2. The van der Waals surface area contributed by atoms with Gasteiger partial charge < -0.3 is 18.2 Å². The molecule has 8 heteroatoms. The summed E-state index contributed by atoms with van der Waals surface area (Å²) in [4.78, 5) is 16.5. The summed E-state index contributed by atoms with van der Waals surface area (Å²) in [6, 6.07) is 13.6. The molecular weight excluding hydrogens is 547 g/mol. The molecule has 0 unspecified atom stereocenters. The molecule has 1 aliphatic carbocycles. The van der Waals surface area contributed by atoms with E-state index in [4.69, 9.17) is 13.3 Å². The van der Waals surface area contributed by atoms with Crippen LogP contribution >= 0.6 is 0 Å². The van der Waals surface area contributed by atoms with Crippen molar-refractivity contribution in [3.63, 3.8) is 0 Å². The van der Waals surface area contributed by atoms with Crippen molar-refractivity contribution in [1.29, 1.82) is 0 Å². The van der Waals surface area contributed by atoms with Gasteiger partial charge in [0.25, 0.3) is 0 Å². The second kappa shape index (κ2) is 12.1. The first-order valence-corrected chi connectivity index (χ1v) is 24.1. The lowest BCUT2D eigenvalue weighted by atomic mass is 9.83. The predicted octanol–water partition coefficient (Wildman–Crippen LogP) is 8.59. The zero-order valence-corrected chi connectivity index (χ0v) is 30.9. The van der Waals surface area contributed by atoms with Gasteiger partial charge in [-0.25, -0.2) is 0 Å². The predicted molar refractivity (Wildman–Crippen MR) is 175 cm³/mol. The number of amides is 1. The lowest BCUT2D eigenvalue weighted by Crippen LogP contribution is -2.64. The third kappa shape index (κ3) is 6.72. The number of fused-ring (bicyclic) bond motifs is 2. The van der Waals surface area contributed by atoms with Crippen LogP contribution in [0, 0.1) is 5.92 Å². The molecule has 0 radical (unpaired) electrons. The normalized spacial score (nSPS) is 26.5. The number of carbonyl (C=O) groups excluding carboxylic acids is 1. The fraction of sp³-hybridized carbons (Fsp3) is 0.781. The Morgan fingerprint density at radius 3 is 1.68 bits per heavy atom. The van der Waals surface area contributed by atoms with Gasteiger partial charge in [-0.1, -0.05) is 92.6 Å². The molecule has 1 saturated carbocycles. The van der Waals surface area contributed by atoms with E-state index in [2.05, 4.69) is 118 Å². The fourth-order valence-corrected chi connectivity index (χ4v) is 11.3. The van der Waals surface area contributed by atoms with Crippen molar-refractivity contribution < 1.29 is 18.1 Å². The van der Waals surface area contributed by atoms with Crippen LogP contribution in [-0.2, 0) is 24.6 Å². The molecule has 228 valence electrons. The van der Waals surface area contributed by atoms with E-state index in [1.165, 1.54) is 0 Å². The molecule has 0 N–H and O–H groups in total. The molecular formula is C32H59NO4Si3. The van der Waals surface area contributed by atoms with Gasteiger partial charge in [-0.05, 0) is 66.4 Å². The molecule has 1 aromatic rings. The summed E-state index contributed by atoms with van der Waals surface area (Å²) in [5, 5.41) is 0.0796. The summed E-state index contributed by atoms with van der Waals surface area (Å²) in [6.45, 7) is 30.5. The maximum absolute atomic E-state index is 14.3. The lowest BCUT2D eigenvalue weighted by molar-refractivity contribution is -0.134. The minimum absolute atomic E-state index is 0.00614. The van der Waals surface area contributed by atoms with Crippen LogP contribution in [0.2, 0.25) is 54.4 Å². The van der Waals surface area contributed by atoms with Crippen LogP contribution in [-0.4, -0.2) is 60.1 Å². The molecule has 1 aromatic carbocycles. The Hall–Kier alpha value is -0.779. The molecule has 2 aliphatic rings. The number of hydrogen-bond donors (Lipinski definition) is 0. The minimum Gasteiger partial charge on any atom is -0.410 e. The number of carbonyl (C=O) groups is 1. The summed E-state index contributed by atoms with van der Waals surface area (Å²) < 4.78 is 22.1. The highest BCUT2D eigenvalue weighted by atomic mass is 28.4. The first-order chi connectivity index (χ1) is 18.3. The largest absolute Gasteiger partial charge is 0.410 e. The van der Waals surface area contributed by atoms with Crippen molar-refractivity contribution >= 4 is 30.9 Å². The van der Waals surface area contributed by atoms with Crippen molar-refractivity contribution in [2.24, 2.45) is 5.92 Å². The quantitative estimate of drug-likeness (QED) is 0.237. The maximum Gasteiger partial charge on any atom is 0.229 e. The average Bonchev–Trinajstić information content (AvgIpc) is 3.14. The van der Waals surface area contributed by atoms with Gasteiger partial charge in [-0.2, -0.15) is 0 Å². The molecule has 3 rings (SSSR count). The molecule has 5 atom stereocenters. The number of hydrogen-bond acceptors (Lipinski definition) is 4. The molecule has 2 bridgehead atoms. The van der Waals surface area contributed by atoms with E-state index in [0.29, 0.717) is 6.54 Å². The van der Waals surface area contributed by atoms with Gasteiger partial charge in [0.2, 0.25) is 5.91 Å². The standard InChI is InChI=1S/C32H59NO4Si3/c1-14-40(15-2,16-3)37-29-27(35-38(10,11)31(4,5)6)25-22-26(28(29)36-39(12,13)32(7,8)9)33(30(25)34)23-24-20-18-17-19-21-24/h17-21,25-29H,14-16,22-23H2,1-13H3/t25-,26+,27+,28+,29-/m1/s1. The first kappa shape index (κ1) is 33.7. The number of rotatable bonds is 11. The van der Waals surface area contributed by atoms with Crippen LogP contribution in [0.5, 0.6) is 0 Å². The Balaban J connectivity index is 2.18. The van der Waals surface area contributed by atoms with Crippen molar-refractivity contribution in [3.05, 3.63) is 35.9 Å². The van der Waals surface area contributed by atoms with E-state index in [9.17, 15) is 4.79 Å². The SMILES string of the molecule is CC[Si](CC)(CC)O[C@@H]1[C@@H](O[Si](C)(C)C(C)(C)C)[C@H]2C[C@@H]([C@@H]1O[Si](C)(C)C(C)(C)C)N(Cc1ccccc1)C2=O. The Bertz CT molecular complexity index is 989. The first-order valence-electron chi connectivity index (χ1n) is 15.7. The zero-order valence-electron chi connectivity index (χ0n) is 27.9. The van der Waals surface area contributed by atoms with Gasteiger partial charge >= 0.3 is 0 Å². The molecule has 0 aromatic heterocycles. The number of benzene rings is 1. The van der Waals surface area contributed by atoms with Crippen molar-refractivity contribution in [3.8, 4) is 0 Å². The molecule has 2 fully saturated rings. The molecule has 1 heterocycles. The zero-order chi connectivity index (χ0) is 30.3. The number of likely N-dealkylation sites (tertiary alicyclic amines) is 1. The summed E-state index contributed by atoms with van der Waals surface area (Å²) >= 11 is 0. The Morgan fingerprint density at radius 2 is 1.23 bits per heavy atom. The smallest absolute Gasteiger partial charge is 0.229 e. The lowest BCUT2D eigenvalue weighted by Gasteiger charge is -2.52. The van der Waals surface area contributed by atoms with Crippen LogP contribution in [0.4, 0.5) is 0 Å². The summed E-state index contributed by atoms with van der Waals surface area (Å²) in [5.74, 6) is 0.0219. The highest BCUT2D eigenvalue weighted by Crippen LogP contribution is 2.49. The van der Waals surface area contributed by atoms with E-state index < -0.39 is 25.0 Å². The summed E-state index contributed by atoms with van der Waals surface area (Å²) in [5.41, 5.74) is 1.16. The summed E-state index contributed by atoms with van der Waals surface area (Å²) in [6.07, 6.45) is 0.0711. The maximum atomic E-state index is 14.3. The van der Waals surface area contributed by atoms with Gasteiger partial charge in [0.15, 0.2) is 25.0 Å². The Labute approximate surface area is 249 Å². The van der Waals surface area contributed by atoms with Crippen molar-refractivity contribution in [2.45, 2.75) is 154 Å². The van der Waals surface area contributed by atoms with Gasteiger partial charge in [-0.15, -0.1) is 0 Å². The number of nitrogens with zero attached hydrogens (tertiary/aromatic N) is 1. The van der Waals surface area contributed by atoms with Crippen LogP contribution in [0.15, 0.2) is 30.3 Å². The third-order valence-corrected chi connectivity index (χ3v) is 24.5. The molecule has 0 spiro atoms. The minimum atomic E-state index is -2.21. The second-order valence-corrected chi connectivity index (χ2v) is 29.6. The monoisotopic (exact) mass is 605 g/mol. The average molecular weight is 606 g/mol. The van der Waals surface area contributed by atoms with Crippen molar-refractivity contribution in [2.75, 3.05) is 0 Å². The third-order valence-electron chi connectivity index (χ3n) is 10.9. The van der Waals surface area contributed by atoms with E-state index in [1.54, 1.807) is 0 Å². The van der Waals surface area contributed by atoms with Crippen LogP contribution in [0.1, 0.15) is 74.3 Å². The van der Waals surface area contributed by atoms with E-state index in [1.807, 2.05) is 6.07 Å². The van der Waals surface area contributed by atoms with Gasteiger partial charge in [-0.3, -0.25) is 4.79 Å². The summed E-state index contributed by atoms with van der Waals surface area (Å²) in [7, 11) is -6.44. The van der Waals surface area contributed by atoms with E-state index >= 15 is 0 Å². The Morgan fingerprint density at radius 1 is 0.750 bits per heavy atom. The van der Waals surface area contributed by atoms with Gasteiger partial charge in [0, 0.05) is 6.54 Å². The highest BCUT2D eigenvalue weighted by Gasteiger charge is 2.61. The fourth-order valence-electron chi connectivity index (χ4n) is 5.81. The van der Waals surface area contributed by atoms with Crippen LogP contribution < -0.4 is 0 Å². The van der Waals surface area contributed by atoms with E-state index in [-0.39, 0.29) is 46.3 Å². The topological polar surface area (TPSA) is 48.0 Å². The molecule has 5 nitrogen and oxygen atoms in total. The molecule has 1 aliphatic heterocycles. The second-order valence-electron chi connectivity index (χ2n) is 15.4. The van der Waals surface area contributed by atoms with Crippen LogP contribution in [0.25, 0.3) is 0 Å². The molecule has 40 heavy (non-hydrogen) atoms. The van der Waals surface area contributed by atoms with Gasteiger partial charge in [0.05, 0.1) is 30.3 Å². The van der Waals surface area contributed by atoms with Gasteiger partial charge in [0.1, 0.15) is 0 Å². The molecule has 1 amide bonds. The van der Waals surface area contributed by atoms with Crippen molar-refractivity contribution in [1.82, 2.24) is 4.90 Å². The highest BCUT2D eigenvalue weighted by molar-refractivity contribution is 6.75. The molecule has 1 saturated heterocycles. The van der Waals surface area contributed by atoms with E-state index in [0.717, 1.165) is 30.1 Å².